The number of nitrogens with one attached hydrogen (secondary N) is 6. The Labute approximate surface area is 600 Å². The Balaban J connectivity index is 0.00000298. The minimum Gasteiger partial charge on any atom is -0.475 e. The van der Waals surface area contributed by atoms with E-state index >= 15 is 0 Å². The molecule has 11 amide bonds. The second kappa shape index (κ2) is 42.3. The number of methoxy groups -OCH3 is 2. The zero-order valence-electron chi connectivity index (χ0n) is 61.0. The number of halogens is 3. The Morgan fingerprint density at radius 2 is 1.40 bits per heavy atom. The third kappa shape index (κ3) is 26.8. The molecule has 11 atom stereocenters. The maximum atomic E-state index is 14.9. The molecular formula is C72H107F3N12O14S. The molecule has 26 nitrogen and oxygen atoms in total. The zero-order valence-corrected chi connectivity index (χ0v) is 61.8. The molecule has 102 heavy (non-hydrogen) atoms. The number of primary amides is 1. The summed E-state index contributed by atoms with van der Waals surface area (Å²) in [6.07, 6.45) is 2.98. The standard InChI is InChI=1S/C70H106N12O12S.C2HF3O2/c1-14-46(8)62(54(93-12)42-58(86)81-38-22-26-53(81)63(94-13)47(9)64(87)76-52(68-72-36-40-95-68)41-49-23-17-15-18-24-49)80(11)69(91)60(44(4)5)78-67(90)61(45(6)7)79(10)39-34-48-28-30-50(31-29-48)74-65(88)51(25-21-35-73-70(71)92)75-66(89)59(43(2)3)77-55(83)27-19-16-20-37-82-56(84)32-33-57(82)85;3-2(4,5)1(6)7/h15,17-18,23-24,28-33,36,40,43-47,51-54,59-63H,14,16,19-22,25-27,34-35,37-39,41-42H2,1-13H3,(H,74,88)(H,75,89)(H,76,87)(H,77,83)(H,78,90)(H3,71,73,92);(H,6,7)/t46-,47+,51-,52-,53-,54+,59-,60-,61?,62-,63+;/m0./s1. The summed E-state index contributed by atoms with van der Waals surface area (Å²) in [7, 11) is 6.71. The molecular weight excluding hydrogens is 1350 g/mol. The number of alkyl halides is 3. The van der Waals surface area contributed by atoms with E-state index in [9.17, 15) is 61.1 Å². The first-order valence-electron chi connectivity index (χ1n) is 34.9. The molecule has 0 aliphatic carbocycles. The maximum Gasteiger partial charge on any atom is 0.490 e. The van der Waals surface area contributed by atoms with Gasteiger partial charge in [0.05, 0.1) is 48.7 Å². The van der Waals surface area contributed by atoms with E-state index in [0.717, 1.165) is 27.5 Å². The number of hydrogen-bond donors (Lipinski definition) is 8. The maximum absolute atomic E-state index is 14.9. The molecule has 0 spiro atoms. The van der Waals surface area contributed by atoms with Gasteiger partial charge in [0.15, 0.2) is 0 Å². The highest BCUT2D eigenvalue weighted by Gasteiger charge is 2.44. The summed E-state index contributed by atoms with van der Waals surface area (Å²) in [4.78, 5) is 154. The van der Waals surface area contributed by atoms with Gasteiger partial charge in [0, 0.05) is 83.3 Å². The minimum atomic E-state index is -5.08. The fourth-order valence-corrected chi connectivity index (χ4v) is 13.4. The quantitative estimate of drug-likeness (QED) is 0.0211. The number of nitrogens with two attached hydrogens (primary N) is 1. The van der Waals surface area contributed by atoms with Crippen molar-refractivity contribution < 1.29 is 80.5 Å². The average Bonchev–Trinajstić information content (AvgIpc) is 1.37. The number of amides is 11. The van der Waals surface area contributed by atoms with Crippen molar-refractivity contribution >= 4 is 82.2 Å². The van der Waals surface area contributed by atoms with Gasteiger partial charge in [-0.1, -0.05) is 118 Å². The Kier molecular flexibility index (Phi) is 35.7. The number of imide groups is 1. The van der Waals surface area contributed by atoms with Crippen LogP contribution >= 0.6 is 11.3 Å². The first-order chi connectivity index (χ1) is 48.1. The number of aromatic nitrogens is 1. The van der Waals surface area contributed by atoms with Crippen molar-refractivity contribution in [2.24, 2.45) is 35.3 Å². The van der Waals surface area contributed by atoms with E-state index in [-0.39, 0.29) is 109 Å². The lowest BCUT2D eigenvalue weighted by atomic mass is 9.89. The number of rotatable bonds is 40. The summed E-state index contributed by atoms with van der Waals surface area (Å²) >= 11 is 1.48. The van der Waals surface area contributed by atoms with Crippen LogP contribution in [0.5, 0.6) is 0 Å². The predicted octanol–water partition coefficient (Wildman–Crippen LogP) is 6.93. The first-order valence-corrected chi connectivity index (χ1v) is 35.8. The van der Waals surface area contributed by atoms with Gasteiger partial charge in [-0.05, 0) is 105 Å². The number of benzene rings is 2. The predicted molar refractivity (Wildman–Crippen MR) is 380 cm³/mol. The van der Waals surface area contributed by atoms with E-state index in [2.05, 4.69) is 36.9 Å². The SMILES string of the molecule is CC[C@H](C)[C@@H]([C@@H](CC(=O)N1CCC[C@H]1[C@H](OC)[C@@H](C)C(=O)N[C@@H](Cc1ccccc1)c1nccs1)OC)N(C)C(=O)[C@@H](NC(=O)C(C(C)C)N(C)CCc1ccc(NC(=O)[C@H](CCCNC(N)=O)NC(=O)[C@@H](NC(=O)CCCCCN2C(=O)C=CC2=O)C(C)C)cc1)C(C)C.O=C(O)C(F)(F)F. The van der Waals surface area contributed by atoms with Crippen LogP contribution in [-0.2, 0) is 70.3 Å². The summed E-state index contributed by atoms with van der Waals surface area (Å²) in [5.74, 6) is -7.44. The summed E-state index contributed by atoms with van der Waals surface area (Å²) in [6, 6.07) is 11.6. The number of nitrogens with zero attached hydrogens (tertiary/aromatic N) is 5. The van der Waals surface area contributed by atoms with Crippen LogP contribution in [0.15, 0.2) is 78.3 Å². The molecule has 2 aliphatic heterocycles. The Hall–Kier alpha value is -8.35. The van der Waals surface area contributed by atoms with Crippen molar-refractivity contribution in [3.05, 3.63) is 94.5 Å². The zero-order chi connectivity index (χ0) is 76.1. The van der Waals surface area contributed by atoms with Gasteiger partial charge in [0.1, 0.15) is 23.1 Å². The van der Waals surface area contributed by atoms with Crippen molar-refractivity contribution in [3.63, 3.8) is 0 Å². The lowest BCUT2D eigenvalue weighted by Crippen LogP contribution is -2.60. The molecule has 3 heterocycles. The van der Waals surface area contributed by atoms with Gasteiger partial charge < -0.3 is 62.0 Å². The van der Waals surface area contributed by atoms with Crippen LogP contribution in [0.25, 0.3) is 0 Å². The van der Waals surface area contributed by atoms with Crippen molar-refractivity contribution in [2.45, 2.75) is 200 Å². The average molecular weight is 1450 g/mol. The van der Waals surface area contributed by atoms with Crippen molar-refractivity contribution in [1.82, 2.24) is 51.2 Å². The second-order valence-corrected chi connectivity index (χ2v) is 28.0. The van der Waals surface area contributed by atoms with Crippen LogP contribution in [-0.4, -0.2) is 204 Å². The number of hydrogen-bond acceptors (Lipinski definition) is 16. The van der Waals surface area contributed by atoms with Gasteiger partial charge >= 0.3 is 18.2 Å². The second-order valence-electron chi connectivity index (χ2n) is 27.1. The molecule has 2 aliphatic rings. The molecule has 0 bridgehead atoms. The highest BCUT2D eigenvalue weighted by Crippen LogP contribution is 2.31. The molecule has 566 valence electrons. The molecule has 1 aromatic heterocycles. The molecule has 1 unspecified atom stereocenters. The molecule has 2 aromatic carbocycles. The largest absolute Gasteiger partial charge is 0.490 e. The minimum absolute atomic E-state index is 0.0295. The van der Waals surface area contributed by atoms with Gasteiger partial charge in [-0.25, -0.2) is 14.6 Å². The highest BCUT2D eigenvalue weighted by molar-refractivity contribution is 7.09. The van der Waals surface area contributed by atoms with Gasteiger partial charge in [0.25, 0.3) is 11.8 Å². The third-order valence-corrected chi connectivity index (χ3v) is 19.4. The molecule has 0 radical (unpaired) electrons. The van der Waals surface area contributed by atoms with Gasteiger partial charge in [-0.15, -0.1) is 11.3 Å². The first kappa shape index (κ1) is 86.1. The van der Waals surface area contributed by atoms with Crippen LogP contribution in [0.4, 0.5) is 23.7 Å². The molecule has 0 saturated carbocycles. The lowest BCUT2D eigenvalue weighted by Gasteiger charge is -2.41. The molecule has 9 N–H and O–H groups in total. The number of likely N-dealkylation sites (tertiary alicyclic amines) is 1. The Morgan fingerprint density at radius 3 is 1.95 bits per heavy atom. The van der Waals surface area contributed by atoms with Crippen molar-refractivity contribution in [3.8, 4) is 0 Å². The smallest absolute Gasteiger partial charge is 0.475 e. The van der Waals surface area contributed by atoms with Crippen LogP contribution in [0, 0.1) is 29.6 Å². The number of carboxylic acids is 1. The number of carboxylic acid groups (broad SMARTS) is 1. The van der Waals surface area contributed by atoms with E-state index in [4.69, 9.17) is 25.1 Å². The number of ether oxygens (including phenoxy) is 2. The summed E-state index contributed by atoms with van der Waals surface area (Å²) in [5, 5.41) is 27.2. The summed E-state index contributed by atoms with van der Waals surface area (Å²) < 4.78 is 44.0. The van der Waals surface area contributed by atoms with Crippen molar-refractivity contribution in [1.29, 1.82) is 0 Å². The van der Waals surface area contributed by atoms with Crippen LogP contribution in [0.3, 0.4) is 0 Å². The molecule has 30 heteroatoms. The monoisotopic (exact) mass is 1450 g/mol. The summed E-state index contributed by atoms with van der Waals surface area (Å²) in [6.45, 7) is 18.5. The highest BCUT2D eigenvalue weighted by atomic mass is 32.1. The van der Waals surface area contributed by atoms with Gasteiger partial charge in [0.2, 0.25) is 41.4 Å². The lowest BCUT2D eigenvalue weighted by molar-refractivity contribution is -0.192. The van der Waals surface area contributed by atoms with Crippen LogP contribution in [0.1, 0.15) is 149 Å². The van der Waals surface area contributed by atoms with Crippen LogP contribution in [0.2, 0.25) is 0 Å². The topological polar surface area (TPSA) is 351 Å². The van der Waals surface area contributed by atoms with E-state index in [1.165, 1.54) is 23.5 Å². The number of anilines is 1. The molecule has 5 rings (SSSR count). The normalized spacial score (nSPS) is 16.8. The van der Waals surface area contributed by atoms with Gasteiger partial charge in [-0.3, -0.25) is 53.0 Å². The number of carbonyl (C=O) groups excluding carboxylic acids is 10. The third-order valence-electron chi connectivity index (χ3n) is 18.5. The number of aliphatic carboxylic acids is 1. The molecule has 1 saturated heterocycles. The fraction of sp³-hybridized carbons (Fsp3) is 0.611. The van der Waals surface area contributed by atoms with Crippen LogP contribution < -0.4 is 37.6 Å². The van der Waals surface area contributed by atoms with E-state index < -0.39 is 78.3 Å². The number of carbonyl (C=O) groups is 11. The van der Waals surface area contributed by atoms with E-state index in [1.54, 1.807) is 58.3 Å². The fourth-order valence-electron chi connectivity index (χ4n) is 12.7. The van der Waals surface area contributed by atoms with Crippen molar-refractivity contribution in [2.75, 3.05) is 59.8 Å². The van der Waals surface area contributed by atoms with E-state index in [0.29, 0.717) is 70.1 Å². The summed E-state index contributed by atoms with van der Waals surface area (Å²) in [5.41, 5.74) is 7.70. The number of unbranched alkanes of at least 4 members (excludes halogenated alkanes) is 2. The molecule has 1 fully saturated rings. The Bertz CT molecular complexity index is 3240. The Morgan fingerprint density at radius 1 is 0.765 bits per heavy atom. The molecule has 3 aromatic rings. The number of urea groups is 1. The van der Waals surface area contributed by atoms with Gasteiger partial charge in [-0.2, -0.15) is 13.2 Å². The number of thiazole rings is 1. The van der Waals surface area contributed by atoms with E-state index in [1.807, 2.05) is 113 Å². The number of likely N-dealkylation sites (N-methyl/N-ethyl adjacent to an activating group) is 2.